The third-order valence-corrected chi connectivity index (χ3v) is 0. The Morgan fingerprint density at radius 2 is 0.538 bits per heavy atom. The van der Waals surface area contributed by atoms with Crippen LogP contribution in [0.25, 0.3) is 0 Å². The maximum atomic E-state index is 8.25. The van der Waals surface area contributed by atoms with Crippen molar-refractivity contribution in [3.05, 3.63) is 46.0 Å². The van der Waals surface area contributed by atoms with Crippen LogP contribution < -0.4 is 0 Å². The molecule has 0 fully saturated rings. The third-order valence-electron chi connectivity index (χ3n) is 0. The van der Waals surface area contributed by atoms with Crippen molar-refractivity contribution in [2.75, 3.05) is 0 Å². The summed E-state index contributed by atoms with van der Waals surface area (Å²) in [6.07, 6.45) is 0. The van der Waals surface area contributed by atoms with Gasteiger partial charge in [0, 0.05) is 0 Å². The molecule has 13 heavy (non-hydrogen) atoms. The van der Waals surface area contributed by atoms with E-state index in [2.05, 4.69) is 0 Å². The third kappa shape index (κ3) is 261. The molecule has 0 amide bonds. The molecule has 0 aliphatic rings. The zero-order chi connectivity index (χ0) is 10.7. The van der Waals surface area contributed by atoms with E-state index in [4.69, 9.17) is 46.0 Å². The molecule has 0 bridgehead atoms. The summed E-state index contributed by atoms with van der Waals surface area (Å²) in [7, 11) is 0. The minimum atomic E-state index is -1.75. The molecular weight excluding hydrogens is 383 g/mol. The SMILES string of the molecule is O=[N+]([O-])[O-].O=[N+]([O-])[O-].O=[N+]([O-])[O-].[Au+3]. The largest absolute Gasteiger partial charge is 3.00 e. The van der Waals surface area contributed by atoms with Crippen LogP contribution in [0.4, 0.5) is 0 Å². The van der Waals surface area contributed by atoms with Crippen LogP contribution in [0.15, 0.2) is 0 Å². The Balaban J connectivity index is -0.0000000450. The van der Waals surface area contributed by atoms with Gasteiger partial charge in [0.05, 0.1) is 15.3 Å². The maximum Gasteiger partial charge on any atom is 3.00 e. The van der Waals surface area contributed by atoms with Gasteiger partial charge in [0.25, 0.3) is 0 Å². The Morgan fingerprint density at radius 3 is 0.538 bits per heavy atom. The van der Waals surface area contributed by atoms with E-state index in [1.165, 1.54) is 0 Å². The smallest absolute Gasteiger partial charge is 0.356 e. The monoisotopic (exact) mass is 383 g/mol. The second-order valence-electron chi connectivity index (χ2n) is 0.671. The molecule has 0 unspecified atom stereocenters. The van der Waals surface area contributed by atoms with E-state index in [-0.39, 0.29) is 22.4 Å². The van der Waals surface area contributed by atoms with Gasteiger partial charge >= 0.3 is 22.4 Å². The van der Waals surface area contributed by atoms with Crippen molar-refractivity contribution in [3.63, 3.8) is 0 Å². The van der Waals surface area contributed by atoms with E-state index >= 15 is 0 Å². The van der Waals surface area contributed by atoms with Crippen LogP contribution in [0.3, 0.4) is 0 Å². The van der Waals surface area contributed by atoms with Gasteiger partial charge in [0.2, 0.25) is 0 Å². The van der Waals surface area contributed by atoms with Gasteiger partial charge in [-0.3, -0.25) is 0 Å². The van der Waals surface area contributed by atoms with E-state index in [0.717, 1.165) is 0 Å². The first-order chi connectivity index (χ1) is 5.20. The van der Waals surface area contributed by atoms with Gasteiger partial charge in [0.1, 0.15) is 0 Å². The Morgan fingerprint density at radius 1 is 0.538 bits per heavy atom. The average molecular weight is 383 g/mol. The van der Waals surface area contributed by atoms with E-state index < -0.39 is 15.3 Å². The minimum absolute atomic E-state index is 0. The molecule has 0 aromatic heterocycles. The topological polar surface area (TPSA) is 199 Å². The van der Waals surface area contributed by atoms with Crippen molar-refractivity contribution in [2.45, 2.75) is 0 Å². The molecule has 0 radical (unpaired) electrons. The molecule has 0 atom stereocenters. The fourth-order valence-corrected chi connectivity index (χ4v) is 0. The van der Waals surface area contributed by atoms with Crippen molar-refractivity contribution in [3.8, 4) is 0 Å². The van der Waals surface area contributed by atoms with Crippen LogP contribution in [-0.2, 0) is 22.4 Å². The van der Waals surface area contributed by atoms with Gasteiger partial charge in [-0.1, -0.05) is 0 Å². The van der Waals surface area contributed by atoms with E-state index in [1.54, 1.807) is 0 Å². The molecule has 12 nitrogen and oxygen atoms in total. The standard InChI is InChI=1S/Au.3NO3/c;3*2-1(3)4/q+3;3*-1. The van der Waals surface area contributed by atoms with Crippen molar-refractivity contribution in [2.24, 2.45) is 0 Å². The average Bonchev–Trinajstić information content (AvgIpc) is 1.54. The van der Waals surface area contributed by atoms with Crippen molar-refractivity contribution < 1.29 is 37.6 Å². The van der Waals surface area contributed by atoms with E-state index in [0.29, 0.717) is 0 Å². The molecule has 0 N–H and O–H groups in total. The molecule has 0 rings (SSSR count). The van der Waals surface area contributed by atoms with E-state index in [1.807, 2.05) is 0 Å². The van der Waals surface area contributed by atoms with Crippen molar-refractivity contribution in [1.82, 2.24) is 0 Å². The first-order valence-electron chi connectivity index (χ1n) is 1.64. The second-order valence-corrected chi connectivity index (χ2v) is 0.671. The summed E-state index contributed by atoms with van der Waals surface area (Å²) in [6.45, 7) is 0. The quantitative estimate of drug-likeness (QED) is 0.294. The summed E-state index contributed by atoms with van der Waals surface area (Å²) in [6, 6.07) is 0. The summed E-state index contributed by atoms with van der Waals surface area (Å²) < 4.78 is 0. The number of nitrogens with zero attached hydrogens (tertiary/aromatic N) is 3. The molecular formula is AuN3O9. The van der Waals surface area contributed by atoms with Crippen molar-refractivity contribution >= 4 is 0 Å². The Hall–Kier alpha value is -1.66. The van der Waals surface area contributed by atoms with Crippen LogP contribution in [-0.4, -0.2) is 15.3 Å². The van der Waals surface area contributed by atoms with Gasteiger partial charge in [-0.05, 0) is 0 Å². The maximum absolute atomic E-state index is 8.25. The fraction of sp³-hybridized carbons (Fsp3) is 0. The first-order valence-corrected chi connectivity index (χ1v) is 1.64. The molecule has 13 heteroatoms. The zero-order valence-corrected chi connectivity index (χ0v) is 7.48. The fourth-order valence-electron chi connectivity index (χ4n) is 0. The van der Waals surface area contributed by atoms with Gasteiger partial charge in [-0.25, -0.2) is 0 Å². The molecule has 0 aliphatic heterocycles. The summed E-state index contributed by atoms with van der Waals surface area (Å²) in [5.41, 5.74) is 0. The summed E-state index contributed by atoms with van der Waals surface area (Å²) in [4.78, 5) is 24.8. The molecule has 0 aliphatic carbocycles. The normalized spacial score (nSPS) is 5.54. The van der Waals surface area contributed by atoms with Crippen LogP contribution in [0.2, 0.25) is 0 Å². The van der Waals surface area contributed by atoms with Crippen LogP contribution >= 0.6 is 0 Å². The first kappa shape index (κ1) is 22.5. The number of rotatable bonds is 0. The van der Waals surface area contributed by atoms with Gasteiger partial charge in [-0.2, -0.15) is 0 Å². The summed E-state index contributed by atoms with van der Waals surface area (Å²) >= 11 is 0. The summed E-state index contributed by atoms with van der Waals surface area (Å²) in [5, 5.41) is 44.2. The molecule has 0 heterocycles. The van der Waals surface area contributed by atoms with Gasteiger partial charge < -0.3 is 46.0 Å². The molecule has 0 spiro atoms. The predicted octanol–water partition coefficient (Wildman–Crippen LogP) is -0.720. The minimum Gasteiger partial charge on any atom is -0.356 e. The Labute approximate surface area is 84.2 Å². The Kier molecular flexibility index (Phi) is 29.0. The predicted molar refractivity (Wildman–Crippen MR) is 31.1 cm³/mol. The molecule has 80 valence electrons. The van der Waals surface area contributed by atoms with Crippen molar-refractivity contribution in [1.29, 1.82) is 0 Å². The van der Waals surface area contributed by atoms with Crippen LogP contribution in [0.5, 0.6) is 0 Å². The van der Waals surface area contributed by atoms with Gasteiger partial charge in [-0.15, -0.1) is 0 Å². The van der Waals surface area contributed by atoms with Crippen LogP contribution in [0.1, 0.15) is 0 Å². The molecule has 0 saturated carbocycles. The molecule has 0 saturated heterocycles. The number of hydrogen-bond donors (Lipinski definition) is 0. The number of hydrogen-bond acceptors (Lipinski definition) is 9. The molecule has 0 aromatic carbocycles. The molecule has 0 aromatic rings. The zero-order valence-electron chi connectivity index (χ0n) is 5.32. The van der Waals surface area contributed by atoms with Gasteiger partial charge in [0.15, 0.2) is 0 Å². The second kappa shape index (κ2) is 16.7. The Bertz CT molecular complexity index is 112. The van der Waals surface area contributed by atoms with Crippen LogP contribution in [0, 0.1) is 46.0 Å². The van der Waals surface area contributed by atoms with E-state index in [9.17, 15) is 0 Å². The summed E-state index contributed by atoms with van der Waals surface area (Å²) in [5.74, 6) is 0.